The molecule has 1 saturated heterocycles. The van der Waals surface area contributed by atoms with E-state index in [1.807, 2.05) is 6.92 Å². The van der Waals surface area contributed by atoms with E-state index in [4.69, 9.17) is 9.84 Å². The van der Waals surface area contributed by atoms with Crippen molar-refractivity contribution in [1.82, 2.24) is 15.1 Å². The number of piperazine rings is 1. The van der Waals surface area contributed by atoms with Crippen LogP contribution < -0.4 is 5.32 Å². The Morgan fingerprint density at radius 2 is 1.95 bits per heavy atom. The van der Waals surface area contributed by atoms with Crippen molar-refractivity contribution in [3.63, 3.8) is 0 Å². The fourth-order valence-electron chi connectivity index (χ4n) is 2.37. The summed E-state index contributed by atoms with van der Waals surface area (Å²) in [5.41, 5.74) is 0. The van der Waals surface area contributed by atoms with Crippen LogP contribution in [0.1, 0.15) is 19.8 Å². The molecule has 1 aliphatic rings. The predicted molar refractivity (Wildman–Crippen MR) is 79.2 cm³/mol. The van der Waals surface area contributed by atoms with Crippen LogP contribution in [-0.4, -0.2) is 85.8 Å². The number of nitrogens with one attached hydrogen (secondary N) is 1. The molecule has 2 N–H and O–H groups in total. The molecular weight excluding hydrogens is 274 g/mol. The van der Waals surface area contributed by atoms with Gasteiger partial charge in [-0.25, -0.2) is 0 Å². The van der Waals surface area contributed by atoms with Crippen molar-refractivity contribution in [2.75, 3.05) is 53.0 Å². The summed E-state index contributed by atoms with van der Waals surface area (Å²) in [6.45, 7) is 7.01. The highest BCUT2D eigenvalue weighted by molar-refractivity contribution is 5.81. The van der Waals surface area contributed by atoms with Gasteiger partial charge in [0.2, 0.25) is 5.91 Å². The fourth-order valence-corrected chi connectivity index (χ4v) is 2.37. The first-order valence-corrected chi connectivity index (χ1v) is 7.49. The van der Waals surface area contributed by atoms with Crippen molar-refractivity contribution in [3.8, 4) is 0 Å². The fraction of sp³-hybridized carbons (Fsp3) is 0.857. The maximum Gasteiger partial charge on any atom is 0.304 e. The van der Waals surface area contributed by atoms with E-state index < -0.39 is 5.97 Å². The van der Waals surface area contributed by atoms with Gasteiger partial charge in [-0.2, -0.15) is 0 Å². The summed E-state index contributed by atoms with van der Waals surface area (Å²) >= 11 is 0. The van der Waals surface area contributed by atoms with Gasteiger partial charge in [0.1, 0.15) is 0 Å². The van der Waals surface area contributed by atoms with Crippen LogP contribution in [0.5, 0.6) is 0 Å². The average molecular weight is 301 g/mol. The maximum atomic E-state index is 12.0. The van der Waals surface area contributed by atoms with Gasteiger partial charge in [0.05, 0.1) is 12.5 Å². The summed E-state index contributed by atoms with van der Waals surface area (Å²) in [6.07, 6.45) is 0.994. The molecule has 0 radical (unpaired) electrons. The molecular formula is C14H27N3O4. The van der Waals surface area contributed by atoms with E-state index in [9.17, 15) is 9.59 Å². The van der Waals surface area contributed by atoms with Crippen molar-refractivity contribution in [2.24, 2.45) is 0 Å². The minimum Gasteiger partial charge on any atom is -0.481 e. The first kappa shape index (κ1) is 17.9. The Balaban J connectivity index is 2.22. The molecule has 1 aliphatic heterocycles. The zero-order valence-electron chi connectivity index (χ0n) is 13.0. The van der Waals surface area contributed by atoms with Crippen molar-refractivity contribution in [3.05, 3.63) is 0 Å². The number of ether oxygens (including phenoxy) is 1. The van der Waals surface area contributed by atoms with E-state index in [1.54, 1.807) is 7.11 Å². The van der Waals surface area contributed by atoms with Gasteiger partial charge in [-0.1, -0.05) is 0 Å². The number of nitrogens with zero attached hydrogens (tertiary/aromatic N) is 2. The third kappa shape index (κ3) is 6.88. The Morgan fingerprint density at radius 1 is 1.29 bits per heavy atom. The Morgan fingerprint density at radius 3 is 2.52 bits per heavy atom. The second kappa shape index (κ2) is 9.70. The van der Waals surface area contributed by atoms with E-state index >= 15 is 0 Å². The molecule has 0 aromatic heterocycles. The van der Waals surface area contributed by atoms with Crippen LogP contribution in [-0.2, 0) is 14.3 Å². The number of carbonyl (C=O) groups excluding carboxylic acids is 1. The van der Waals surface area contributed by atoms with Gasteiger partial charge in [-0.15, -0.1) is 0 Å². The molecule has 1 rings (SSSR count). The van der Waals surface area contributed by atoms with E-state index in [-0.39, 0.29) is 18.4 Å². The molecule has 122 valence electrons. The number of aliphatic carboxylic acids is 1. The lowest BCUT2D eigenvalue weighted by molar-refractivity contribution is -0.137. The average Bonchev–Trinajstić information content (AvgIpc) is 2.49. The van der Waals surface area contributed by atoms with Crippen LogP contribution in [0.2, 0.25) is 0 Å². The van der Waals surface area contributed by atoms with Crippen molar-refractivity contribution < 1.29 is 19.4 Å². The molecule has 0 bridgehead atoms. The molecule has 0 aliphatic carbocycles. The minimum absolute atomic E-state index is 0.0464. The molecule has 7 heteroatoms. The number of rotatable bonds is 9. The van der Waals surface area contributed by atoms with Gasteiger partial charge in [0, 0.05) is 53.0 Å². The highest BCUT2D eigenvalue weighted by Crippen LogP contribution is 2.07. The van der Waals surface area contributed by atoms with Gasteiger partial charge in [-0.05, 0) is 13.3 Å². The van der Waals surface area contributed by atoms with E-state index in [1.165, 1.54) is 0 Å². The molecule has 0 aromatic rings. The lowest BCUT2D eigenvalue weighted by Crippen LogP contribution is -2.54. The Labute approximate surface area is 126 Å². The molecule has 1 unspecified atom stereocenters. The van der Waals surface area contributed by atoms with Crippen molar-refractivity contribution in [2.45, 2.75) is 25.8 Å². The zero-order chi connectivity index (χ0) is 15.7. The molecule has 1 amide bonds. The minimum atomic E-state index is -0.763. The summed E-state index contributed by atoms with van der Waals surface area (Å²) in [7, 11) is 1.65. The molecule has 0 spiro atoms. The van der Waals surface area contributed by atoms with Gasteiger partial charge >= 0.3 is 5.97 Å². The molecule has 1 fully saturated rings. The van der Waals surface area contributed by atoms with Crippen LogP contribution in [0, 0.1) is 0 Å². The van der Waals surface area contributed by atoms with Crippen LogP contribution in [0.15, 0.2) is 0 Å². The van der Waals surface area contributed by atoms with Gasteiger partial charge in [-0.3, -0.25) is 14.5 Å². The third-order valence-electron chi connectivity index (χ3n) is 3.80. The van der Waals surface area contributed by atoms with Crippen molar-refractivity contribution in [1.29, 1.82) is 0 Å². The first-order chi connectivity index (χ1) is 10.0. The smallest absolute Gasteiger partial charge is 0.304 e. The Kier molecular flexibility index (Phi) is 8.26. The SMILES string of the molecule is COCCCNC(=O)C(C)N1CCN(CCC(=O)O)CC1. The maximum absolute atomic E-state index is 12.0. The second-order valence-corrected chi connectivity index (χ2v) is 5.33. The second-order valence-electron chi connectivity index (χ2n) is 5.33. The van der Waals surface area contributed by atoms with Crippen LogP contribution in [0.4, 0.5) is 0 Å². The number of carbonyl (C=O) groups is 2. The van der Waals surface area contributed by atoms with Crippen LogP contribution >= 0.6 is 0 Å². The summed E-state index contributed by atoms with van der Waals surface area (Å²) < 4.78 is 4.94. The molecule has 0 aromatic carbocycles. The highest BCUT2D eigenvalue weighted by Gasteiger charge is 2.25. The number of hydrogen-bond acceptors (Lipinski definition) is 5. The number of amides is 1. The Bertz CT molecular complexity index is 330. The standard InChI is InChI=1S/C14H27N3O4/c1-12(14(20)15-5-3-11-21-2)17-9-7-16(8-10-17)6-4-13(18)19/h12H,3-11H2,1-2H3,(H,15,20)(H,18,19). The normalized spacial score (nSPS) is 18.4. The predicted octanol–water partition coefficient (Wildman–Crippen LogP) is -0.380. The number of methoxy groups -OCH3 is 1. The van der Waals surface area contributed by atoms with Gasteiger partial charge in [0.25, 0.3) is 0 Å². The largest absolute Gasteiger partial charge is 0.481 e. The summed E-state index contributed by atoms with van der Waals surface area (Å²) in [4.78, 5) is 26.8. The van der Waals surface area contributed by atoms with Gasteiger partial charge < -0.3 is 20.1 Å². The van der Waals surface area contributed by atoms with E-state index in [0.29, 0.717) is 19.7 Å². The zero-order valence-corrected chi connectivity index (χ0v) is 13.0. The summed E-state index contributed by atoms with van der Waals surface area (Å²) in [6, 6.07) is -0.144. The highest BCUT2D eigenvalue weighted by atomic mass is 16.5. The molecule has 21 heavy (non-hydrogen) atoms. The summed E-state index contributed by atoms with van der Waals surface area (Å²) in [5, 5.41) is 11.6. The monoisotopic (exact) mass is 301 g/mol. The quantitative estimate of drug-likeness (QED) is 0.565. The van der Waals surface area contributed by atoms with E-state index in [0.717, 1.165) is 32.6 Å². The molecule has 7 nitrogen and oxygen atoms in total. The number of carboxylic acid groups (broad SMARTS) is 1. The van der Waals surface area contributed by atoms with Crippen LogP contribution in [0.3, 0.4) is 0 Å². The van der Waals surface area contributed by atoms with Crippen molar-refractivity contribution >= 4 is 11.9 Å². The topological polar surface area (TPSA) is 82.1 Å². The molecule has 1 heterocycles. The molecule has 0 saturated carbocycles. The van der Waals surface area contributed by atoms with Gasteiger partial charge in [0.15, 0.2) is 0 Å². The first-order valence-electron chi connectivity index (χ1n) is 7.49. The molecule has 1 atom stereocenters. The lowest BCUT2D eigenvalue weighted by atomic mass is 10.2. The number of hydrogen-bond donors (Lipinski definition) is 2. The lowest BCUT2D eigenvalue weighted by Gasteiger charge is -2.37. The van der Waals surface area contributed by atoms with E-state index in [2.05, 4.69) is 15.1 Å². The number of carboxylic acids is 1. The Hall–Kier alpha value is -1.18. The summed E-state index contributed by atoms with van der Waals surface area (Å²) in [5.74, 6) is -0.716. The van der Waals surface area contributed by atoms with Crippen LogP contribution in [0.25, 0.3) is 0 Å². The third-order valence-corrected chi connectivity index (χ3v) is 3.80.